The quantitative estimate of drug-likeness (QED) is 0.522. The first-order valence-electron chi connectivity index (χ1n) is 10.3. The Morgan fingerprint density at radius 2 is 1.78 bits per heavy atom. The Balaban J connectivity index is 1.54. The summed E-state index contributed by atoms with van der Waals surface area (Å²) in [6, 6.07) is 9.87. The lowest BCUT2D eigenvalue weighted by Gasteiger charge is -2.24. The van der Waals surface area contributed by atoms with Gasteiger partial charge in [0.2, 0.25) is 0 Å². The van der Waals surface area contributed by atoms with E-state index in [0.29, 0.717) is 12.3 Å². The molecule has 1 heterocycles. The van der Waals surface area contributed by atoms with Crippen LogP contribution >= 0.6 is 0 Å². The third kappa shape index (κ3) is 5.40. The van der Waals surface area contributed by atoms with Gasteiger partial charge in [-0.2, -0.15) is 0 Å². The molecule has 0 spiro atoms. The van der Waals surface area contributed by atoms with Crippen LogP contribution in [0.2, 0.25) is 0 Å². The summed E-state index contributed by atoms with van der Waals surface area (Å²) in [5, 5.41) is 16.2. The third-order valence-corrected chi connectivity index (χ3v) is 5.19. The Labute approximate surface area is 185 Å². The van der Waals surface area contributed by atoms with Crippen molar-refractivity contribution in [3.8, 4) is 0 Å². The minimum Gasteiger partial charge on any atom is -0.342 e. The van der Waals surface area contributed by atoms with Gasteiger partial charge in [-0.1, -0.05) is 38.1 Å². The number of carbonyl (C=O) groups excluding carboxylic acids is 2. The number of carbonyl (C=O) groups is 2. The average molecular weight is 443 g/mol. The molecule has 0 radical (unpaired) electrons. The molecule has 2 aromatic rings. The summed E-state index contributed by atoms with van der Waals surface area (Å²) in [4.78, 5) is 26.2. The summed E-state index contributed by atoms with van der Waals surface area (Å²) >= 11 is 0. The van der Waals surface area contributed by atoms with E-state index >= 15 is 0 Å². The summed E-state index contributed by atoms with van der Waals surface area (Å²) in [6.45, 7) is 6.41. The van der Waals surface area contributed by atoms with Gasteiger partial charge in [-0.3, -0.25) is 15.1 Å². The molecule has 1 fully saturated rings. The van der Waals surface area contributed by atoms with Crippen molar-refractivity contribution in [2.45, 2.75) is 45.8 Å². The summed E-state index contributed by atoms with van der Waals surface area (Å²) in [5.41, 5.74) is 1.05. The lowest BCUT2D eigenvalue weighted by Crippen LogP contribution is -2.44. The number of hydrogen-bond donors (Lipinski definition) is 4. The van der Waals surface area contributed by atoms with Gasteiger partial charge in [-0.25, -0.2) is 13.6 Å². The first-order chi connectivity index (χ1) is 15.1. The second-order valence-electron chi connectivity index (χ2n) is 8.55. The van der Waals surface area contributed by atoms with Crippen LogP contribution in [-0.2, 0) is 17.9 Å². The van der Waals surface area contributed by atoms with Crippen molar-refractivity contribution in [2.75, 3.05) is 5.32 Å². The first kappa shape index (κ1) is 23.2. The maximum Gasteiger partial charge on any atom is 0.319 e. The van der Waals surface area contributed by atoms with E-state index in [1.807, 2.05) is 45.0 Å². The SMILES string of the molecule is CC(C)CC1(C)NC(=N)N(Cc2ccc(CNC(=O)Nc3ccc(F)c(F)c3)cc2)C1=O. The molecule has 32 heavy (non-hydrogen) atoms. The molecule has 7 nitrogen and oxygen atoms in total. The molecular formula is C23H27F2N5O2. The fraction of sp³-hybridized carbons (Fsp3) is 0.348. The van der Waals surface area contributed by atoms with Gasteiger partial charge >= 0.3 is 6.03 Å². The molecule has 3 rings (SSSR count). The van der Waals surface area contributed by atoms with Gasteiger partial charge < -0.3 is 16.0 Å². The summed E-state index contributed by atoms with van der Waals surface area (Å²) in [6.07, 6.45) is 0.641. The van der Waals surface area contributed by atoms with Gasteiger partial charge in [-0.05, 0) is 42.5 Å². The smallest absolute Gasteiger partial charge is 0.319 e. The van der Waals surface area contributed by atoms with E-state index in [0.717, 1.165) is 23.3 Å². The van der Waals surface area contributed by atoms with Crippen LogP contribution in [0.5, 0.6) is 0 Å². The van der Waals surface area contributed by atoms with Gasteiger partial charge in [0.15, 0.2) is 17.6 Å². The molecule has 0 saturated carbocycles. The zero-order chi connectivity index (χ0) is 23.5. The van der Waals surface area contributed by atoms with Crippen LogP contribution in [0.25, 0.3) is 0 Å². The van der Waals surface area contributed by atoms with Crippen LogP contribution in [0.15, 0.2) is 42.5 Å². The second-order valence-corrected chi connectivity index (χ2v) is 8.55. The Bertz CT molecular complexity index is 1030. The van der Waals surface area contributed by atoms with Crippen LogP contribution in [0.3, 0.4) is 0 Å². The van der Waals surface area contributed by atoms with Crippen LogP contribution in [0.4, 0.5) is 19.3 Å². The molecule has 170 valence electrons. The van der Waals surface area contributed by atoms with E-state index in [-0.39, 0.29) is 30.6 Å². The molecule has 2 aromatic carbocycles. The second kappa shape index (κ2) is 9.33. The number of nitrogens with one attached hydrogen (secondary N) is 4. The lowest BCUT2D eigenvalue weighted by atomic mass is 9.91. The van der Waals surface area contributed by atoms with Gasteiger partial charge in [0.1, 0.15) is 5.54 Å². The lowest BCUT2D eigenvalue weighted by molar-refractivity contribution is -0.131. The minimum atomic E-state index is -1.04. The number of guanidine groups is 1. The molecule has 0 aromatic heterocycles. The van der Waals surface area contributed by atoms with Crippen LogP contribution in [-0.4, -0.2) is 28.3 Å². The van der Waals surface area contributed by atoms with E-state index < -0.39 is 23.2 Å². The van der Waals surface area contributed by atoms with E-state index in [2.05, 4.69) is 16.0 Å². The van der Waals surface area contributed by atoms with Gasteiger partial charge in [0.25, 0.3) is 5.91 Å². The van der Waals surface area contributed by atoms with Gasteiger partial charge in [0, 0.05) is 18.3 Å². The van der Waals surface area contributed by atoms with E-state index in [1.54, 1.807) is 0 Å². The Morgan fingerprint density at radius 3 is 2.41 bits per heavy atom. The number of nitrogens with zero attached hydrogens (tertiary/aromatic N) is 1. The highest BCUT2D eigenvalue weighted by Gasteiger charge is 2.45. The van der Waals surface area contributed by atoms with Crippen molar-refractivity contribution < 1.29 is 18.4 Å². The summed E-state index contributed by atoms with van der Waals surface area (Å²) < 4.78 is 26.2. The molecule has 1 aliphatic heterocycles. The third-order valence-electron chi connectivity index (χ3n) is 5.19. The topological polar surface area (TPSA) is 97.3 Å². The maximum absolute atomic E-state index is 13.2. The number of rotatable bonds is 7. The number of amides is 3. The highest BCUT2D eigenvalue weighted by atomic mass is 19.2. The van der Waals surface area contributed by atoms with E-state index in [4.69, 9.17) is 5.41 Å². The van der Waals surface area contributed by atoms with Crippen molar-refractivity contribution in [3.63, 3.8) is 0 Å². The van der Waals surface area contributed by atoms with Gasteiger partial charge in [-0.15, -0.1) is 0 Å². The number of benzene rings is 2. The van der Waals surface area contributed by atoms with Crippen molar-refractivity contribution in [3.05, 3.63) is 65.2 Å². The molecule has 1 unspecified atom stereocenters. The fourth-order valence-corrected chi connectivity index (χ4v) is 3.76. The Morgan fingerprint density at radius 1 is 1.12 bits per heavy atom. The summed E-state index contributed by atoms with van der Waals surface area (Å²) in [7, 11) is 0. The minimum absolute atomic E-state index is 0.0952. The zero-order valence-electron chi connectivity index (χ0n) is 18.3. The van der Waals surface area contributed by atoms with Crippen LogP contribution in [0.1, 0.15) is 38.3 Å². The molecule has 9 heteroatoms. The molecular weight excluding hydrogens is 416 g/mol. The molecule has 0 bridgehead atoms. The highest BCUT2D eigenvalue weighted by Crippen LogP contribution is 2.26. The predicted octanol–water partition coefficient (Wildman–Crippen LogP) is 3.96. The van der Waals surface area contributed by atoms with Crippen LogP contribution < -0.4 is 16.0 Å². The standard InChI is InChI=1S/C23H27F2N5O2/c1-14(2)11-23(3)20(31)30(21(26)29-23)13-16-6-4-15(5-7-16)12-27-22(32)28-17-8-9-18(24)19(25)10-17/h4-10,14H,11-13H2,1-3H3,(H2,26,29)(H2,27,28,32). The predicted molar refractivity (Wildman–Crippen MR) is 118 cm³/mol. The van der Waals surface area contributed by atoms with Gasteiger partial charge in [0.05, 0.1) is 6.54 Å². The van der Waals surface area contributed by atoms with E-state index in [1.165, 1.54) is 11.0 Å². The normalized spacial score (nSPS) is 18.1. The number of hydrogen-bond acceptors (Lipinski definition) is 3. The number of anilines is 1. The Hall–Kier alpha value is -3.49. The Kier molecular flexibility index (Phi) is 6.76. The fourth-order valence-electron chi connectivity index (χ4n) is 3.76. The van der Waals surface area contributed by atoms with E-state index in [9.17, 15) is 18.4 Å². The van der Waals surface area contributed by atoms with Crippen molar-refractivity contribution in [2.24, 2.45) is 5.92 Å². The molecule has 0 aliphatic carbocycles. The zero-order valence-corrected chi connectivity index (χ0v) is 18.3. The van der Waals surface area contributed by atoms with Crippen molar-refractivity contribution in [1.29, 1.82) is 5.41 Å². The molecule has 1 saturated heterocycles. The average Bonchev–Trinajstić information content (AvgIpc) is 2.92. The van der Waals surface area contributed by atoms with Crippen molar-refractivity contribution >= 4 is 23.6 Å². The maximum atomic E-state index is 13.2. The van der Waals surface area contributed by atoms with Crippen molar-refractivity contribution in [1.82, 2.24) is 15.5 Å². The molecule has 4 N–H and O–H groups in total. The largest absolute Gasteiger partial charge is 0.342 e. The molecule has 1 aliphatic rings. The number of urea groups is 1. The molecule has 1 atom stereocenters. The monoisotopic (exact) mass is 443 g/mol. The number of halogens is 2. The highest BCUT2D eigenvalue weighted by molar-refractivity contribution is 6.07. The first-order valence-corrected chi connectivity index (χ1v) is 10.3. The molecule has 3 amide bonds. The van der Waals surface area contributed by atoms with Crippen LogP contribution in [0, 0.1) is 23.0 Å². The summed E-state index contributed by atoms with van der Waals surface area (Å²) in [5.74, 6) is -1.73.